The van der Waals surface area contributed by atoms with Crippen molar-refractivity contribution in [3.8, 4) is 0 Å². The maximum absolute atomic E-state index is 9.26. The first-order valence-electron chi connectivity index (χ1n) is 10.1. The molecule has 2 fully saturated rings. The van der Waals surface area contributed by atoms with Gasteiger partial charge in [0.2, 0.25) is 0 Å². The van der Waals surface area contributed by atoms with Crippen LogP contribution in [0.3, 0.4) is 0 Å². The van der Waals surface area contributed by atoms with Crippen molar-refractivity contribution >= 4 is 0 Å². The highest BCUT2D eigenvalue weighted by molar-refractivity contribution is 5.01. The van der Waals surface area contributed by atoms with Crippen LogP contribution in [-0.4, -0.2) is 95.9 Å². The van der Waals surface area contributed by atoms with Gasteiger partial charge in [0.25, 0.3) is 0 Å². The van der Waals surface area contributed by atoms with Gasteiger partial charge in [0, 0.05) is 39.3 Å². The largest absolute Gasteiger partial charge is 0.395 e. The smallest absolute Gasteiger partial charge is 0.0558 e. The SMILES string of the molecule is CCC1C2CC(CC2CN(CCO)CCO)C1CN(CCO)CCO. The molecule has 5 unspecified atom stereocenters. The molecule has 4 N–H and O–H groups in total. The van der Waals surface area contributed by atoms with Crippen LogP contribution in [0.5, 0.6) is 0 Å². The van der Waals surface area contributed by atoms with Crippen LogP contribution in [0.4, 0.5) is 0 Å². The van der Waals surface area contributed by atoms with E-state index in [2.05, 4.69) is 16.7 Å². The minimum atomic E-state index is 0.150. The van der Waals surface area contributed by atoms with Crippen molar-refractivity contribution in [3.63, 3.8) is 0 Å². The van der Waals surface area contributed by atoms with Crippen LogP contribution in [0.25, 0.3) is 0 Å². The number of hydrogen-bond donors (Lipinski definition) is 4. The number of nitrogens with zero attached hydrogens (tertiary/aromatic N) is 2. The second-order valence-electron chi connectivity index (χ2n) is 7.89. The monoisotopic (exact) mass is 358 g/mol. The third kappa shape index (κ3) is 5.37. The van der Waals surface area contributed by atoms with Gasteiger partial charge in [0.05, 0.1) is 26.4 Å². The highest BCUT2D eigenvalue weighted by Gasteiger charge is 2.51. The van der Waals surface area contributed by atoms with Gasteiger partial charge in [-0.05, 0) is 42.4 Å². The highest BCUT2D eigenvalue weighted by Crippen LogP contribution is 2.56. The van der Waals surface area contributed by atoms with E-state index in [0.717, 1.165) is 24.9 Å². The van der Waals surface area contributed by atoms with Crippen molar-refractivity contribution in [3.05, 3.63) is 0 Å². The quantitative estimate of drug-likeness (QED) is 0.367. The minimum absolute atomic E-state index is 0.150. The van der Waals surface area contributed by atoms with E-state index in [0.29, 0.717) is 43.9 Å². The lowest BCUT2D eigenvalue weighted by atomic mass is 9.72. The zero-order chi connectivity index (χ0) is 18.2. The Labute approximate surface area is 152 Å². The van der Waals surface area contributed by atoms with Crippen molar-refractivity contribution in [1.29, 1.82) is 0 Å². The second kappa shape index (κ2) is 10.8. The molecular formula is C19H38N2O4. The van der Waals surface area contributed by atoms with E-state index >= 15 is 0 Å². The van der Waals surface area contributed by atoms with Gasteiger partial charge in [0.1, 0.15) is 0 Å². The third-order valence-corrected chi connectivity index (χ3v) is 6.59. The van der Waals surface area contributed by atoms with Gasteiger partial charge in [-0.2, -0.15) is 0 Å². The molecule has 0 aliphatic heterocycles. The van der Waals surface area contributed by atoms with Crippen molar-refractivity contribution in [2.75, 3.05) is 65.7 Å². The number of aliphatic hydroxyl groups is 4. The van der Waals surface area contributed by atoms with Crippen LogP contribution in [0.2, 0.25) is 0 Å². The molecule has 0 aromatic heterocycles. The van der Waals surface area contributed by atoms with E-state index in [-0.39, 0.29) is 26.4 Å². The summed E-state index contributed by atoms with van der Waals surface area (Å²) in [6, 6.07) is 0. The Bertz CT molecular complexity index is 359. The van der Waals surface area contributed by atoms with Crippen LogP contribution in [0.1, 0.15) is 26.2 Å². The summed E-state index contributed by atoms with van der Waals surface area (Å²) in [6.07, 6.45) is 3.73. The summed E-state index contributed by atoms with van der Waals surface area (Å²) < 4.78 is 0. The van der Waals surface area contributed by atoms with Gasteiger partial charge in [-0.15, -0.1) is 0 Å². The molecule has 2 bridgehead atoms. The molecule has 0 amide bonds. The fourth-order valence-corrected chi connectivity index (χ4v) is 5.63. The summed E-state index contributed by atoms with van der Waals surface area (Å²) in [6.45, 7) is 7.46. The molecule has 2 aliphatic rings. The topological polar surface area (TPSA) is 87.4 Å². The molecule has 0 radical (unpaired) electrons. The fourth-order valence-electron chi connectivity index (χ4n) is 5.63. The van der Waals surface area contributed by atoms with Crippen molar-refractivity contribution in [2.24, 2.45) is 29.6 Å². The van der Waals surface area contributed by atoms with Gasteiger partial charge < -0.3 is 20.4 Å². The van der Waals surface area contributed by atoms with E-state index in [9.17, 15) is 20.4 Å². The maximum Gasteiger partial charge on any atom is 0.0558 e. The van der Waals surface area contributed by atoms with Crippen molar-refractivity contribution < 1.29 is 20.4 Å². The average molecular weight is 359 g/mol. The molecule has 6 nitrogen and oxygen atoms in total. The van der Waals surface area contributed by atoms with Gasteiger partial charge in [-0.3, -0.25) is 9.80 Å². The lowest BCUT2D eigenvalue weighted by molar-refractivity contribution is 0.0669. The molecule has 5 atom stereocenters. The lowest BCUT2D eigenvalue weighted by Gasteiger charge is -2.39. The van der Waals surface area contributed by atoms with E-state index < -0.39 is 0 Å². The van der Waals surface area contributed by atoms with Crippen LogP contribution in [0.15, 0.2) is 0 Å². The van der Waals surface area contributed by atoms with Gasteiger partial charge in [0.15, 0.2) is 0 Å². The van der Waals surface area contributed by atoms with E-state index in [4.69, 9.17) is 0 Å². The summed E-state index contributed by atoms with van der Waals surface area (Å²) in [7, 11) is 0. The molecule has 2 rings (SSSR count). The first-order chi connectivity index (χ1) is 12.2. The van der Waals surface area contributed by atoms with E-state index in [1.807, 2.05) is 0 Å². The number of hydrogen-bond acceptors (Lipinski definition) is 6. The standard InChI is InChI=1S/C19H38N2O4/c1-2-17-18-12-15(19(17)14-21(5-9-24)6-10-25)11-16(18)13-20(3-7-22)4-8-23/h15-19,22-25H,2-14H2,1H3. The molecule has 148 valence electrons. The molecule has 0 saturated heterocycles. The molecule has 25 heavy (non-hydrogen) atoms. The number of rotatable bonds is 13. The van der Waals surface area contributed by atoms with Crippen LogP contribution in [-0.2, 0) is 0 Å². The Morgan fingerprint density at radius 3 is 1.72 bits per heavy atom. The average Bonchev–Trinajstić information content (AvgIpc) is 3.13. The fraction of sp³-hybridized carbons (Fsp3) is 1.00. The van der Waals surface area contributed by atoms with Gasteiger partial charge in [-0.1, -0.05) is 13.3 Å². The number of fused-ring (bicyclic) bond motifs is 2. The van der Waals surface area contributed by atoms with Gasteiger partial charge in [-0.25, -0.2) is 0 Å². The summed E-state index contributed by atoms with van der Waals surface area (Å²) >= 11 is 0. The predicted octanol–water partition coefficient (Wildman–Crippen LogP) is -0.142. The van der Waals surface area contributed by atoms with Gasteiger partial charge >= 0.3 is 0 Å². The zero-order valence-corrected chi connectivity index (χ0v) is 15.8. The molecule has 0 aromatic carbocycles. The van der Waals surface area contributed by atoms with Crippen LogP contribution < -0.4 is 0 Å². The summed E-state index contributed by atoms with van der Waals surface area (Å²) in [5, 5.41) is 37.0. The van der Waals surface area contributed by atoms with Crippen LogP contribution >= 0.6 is 0 Å². The first-order valence-corrected chi connectivity index (χ1v) is 10.1. The zero-order valence-electron chi connectivity index (χ0n) is 15.8. The normalized spacial score (nSPS) is 31.6. The summed E-state index contributed by atoms with van der Waals surface area (Å²) in [5.41, 5.74) is 0. The maximum atomic E-state index is 9.26. The Kier molecular flexibility index (Phi) is 9.10. The molecule has 6 heteroatoms. The molecule has 2 aliphatic carbocycles. The Hall–Kier alpha value is -0.240. The number of aliphatic hydroxyl groups excluding tert-OH is 4. The predicted molar refractivity (Wildman–Crippen MR) is 98.2 cm³/mol. The molecule has 2 saturated carbocycles. The third-order valence-electron chi connectivity index (χ3n) is 6.59. The van der Waals surface area contributed by atoms with Crippen molar-refractivity contribution in [1.82, 2.24) is 9.80 Å². The van der Waals surface area contributed by atoms with Crippen LogP contribution in [0, 0.1) is 29.6 Å². The Morgan fingerprint density at radius 1 is 0.720 bits per heavy atom. The molecule has 0 aromatic rings. The summed E-state index contributed by atoms with van der Waals surface area (Å²) in [4.78, 5) is 4.42. The second-order valence-corrected chi connectivity index (χ2v) is 7.89. The molecule has 0 spiro atoms. The highest BCUT2D eigenvalue weighted by atomic mass is 16.3. The first kappa shape index (κ1) is 21.1. The summed E-state index contributed by atoms with van der Waals surface area (Å²) in [5.74, 6) is 3.55. The minimum Gasteiger partial charge on any atom is -0.395 e. The Morgan fingerprint density at radius 2 is 1.24 bits per heavy atom. The van der Waals surface area contributed by atoms with E-state index in [1.165, 1.54) is 19.3 Å². The molecular weight excluding hydrogens is 320 g/mol. The Balaban J connectivity index is 1.94. The van der Waals surface area contributed by atoms with Crippen molar-refractivity contribution in [2.45, 2.75) is 26.2 Å². The van der Waals surface area contributed by atoms with E-state index in [1.54, 1.807) is 0 Å². The molecule has 0 heterocycles. The lowest BCUT2D eigenvalue weighted by Crippen LogP contribution is -2.42.